The molecule has 0 aliphatic heterocycles. The number of rotatable bonds is 86. The van der Waals surface area contributed by atoms with E-state index in [0.29, 0.717) is 25.7 Å². The molecule has 0 aromatic heterocycles. The Kier molecular flexibility index (Phi) is 76.6. The summed E-state index contributed by atoms with van der Waals surface area (Å²) in [5.41, 5.74) is 0. The third-order valence-electron chi connectivity index (χ3n) is 21.4. The molecule has 3 N–H and O–H groups in total. The van der Waals surface area contributed by atoms with E-state index in [-0.39, 0.29) is 25.7 Å². The molecule has 17 nitrogen and oxygen atoms in total. The Morgan fingerprint density at radius 3 is 0.710 bits per heavy atom. The Morgan fingerprint density at radius 2 is 0.477 bits per heavy atom. The Balaban J connectivity index is 5.20. The lowest BCUT2D eigenvalue weighted by atomic mass is 9.99. The molecule has 4 unspecified atom stereocenters. The van der Waals surface area contributed by atoms with Crippen LogP contribution in [-0.4, -0.2) is 96.7 Å². The van der Waals surface area contributed by atoms with Crippen LogP contribution < -0.4 is 0 Å². The molecule has 0 amide bonds. The summed E-state index contributed by atoms with van der Waals surface area (Å²) in [7, 11) is -9.93. The highest BCUT2D eigenvalue weighted by molar-refractivity contribution is 7.47. The smallest absolute Gasteiger partial charge is 0.462 e. The summed E-state index contributed by atoms with van der Waals surface area (Å²) in [4.78, 5) is 73.2. The van der Waals surface area contributed by atoms with Gasteiger partial charge in [0.2, 0.25) is 0 Å². The van der Waals surface area contributed by atoms with Crippen LogP contribution in [0.5, 0.6) is 0 Å². The van der Waals surface area contributed by atoms with Gasteiger partial charge in [0.1, 0.15) is 19.3 Å². The van der Waals surface area contributed by atoms with Crippen LogP contribution >= 0.6 is 15.6 Å². The van der Waals surface area contributed by atoms with Gasteiger partial charge in [0, 0.05) is 25.7 Å². The fraction of sp³-hybridized carbons (Fsp3) is 0.955. The van der Waals surface area contributed by atoms with Crippen LogP contribution in [0.4, 0.5) is 0 Å². The first-order valence-corrected chi connectivity index (χ1v) is 48.4. The molecular formula is C88H172O17P2. The van der Waals surface area contributed by atoms with Gasteiger partial charge in [0.25, 0.3) is 0 Å². The van der Waals surface area contributed by atoms with E-state index in [4.69, 9.17) is 37.0 Å². The summed E-state index contributed by atoms with van der Waals surface area (Å²) >= 11 is 0. The summed E-state index contributed by atoms with van der Waals surface area (Å²) < 4.78 is 68.9. The average molecular weight is 1560 g/mol. The summed E-state index contributed by atoms with van der Waals surface area (Å²) in [5, 5.41) is 10.7. The molecule has 0 aromatic carbocycles. The Morgan fingerprint density at radius 1 is 0.271 bits per heavy atom. The van der Waals surface area contributed by atoms with Gasteiger partial charge in [-0.05, 0) is 43.4 Å². The number of carbonyl (C=O) groups excluding carboxylic acids is 4. The van der Waals surface area contributed by atoms with Crippen LogP contribution in [0.1, 0.15) is 466 Å². The third-order valence-corrected chi connectivity index (χ3v) is 23.3. The zero-order valence-electron chi connectivity index (χ0n) is 70.6. The van der Waals surface area contributed by atoms with Gasteiger partial charge in [0.05, 0.1) is 26.4 Å². The van der Waals surface area contributed by atoms with E-state index in [1.807, 2.05) is 0 Å². The third kappa shape index (κ3) is 79.1. The highest BCUT2D eigenvalue weighted by atomic mass is 31.2. The topological polar surface area (TPSA) is 237 Å². The summed E-state index contributed by atoms with van der Waals surface area (Å²) in [6.07, 6.45) is 69.4. The molecule has 0 aliphatic carbocycles. The van der Waals surface area contributed by atoms with Crippen molar-refractivity contribution >= 4 is 39.5 Å². The number of unbranched alkanes of at least 4 members (excludes halogenated alkanes) is 52. The number of esters is 4. The molecule has 0 fully saturated rings. The van der Waals surface area contributed by atoms with Gasteiger partial charge >= 0.3 is 39.5 Å². The van der Waals surface area contributed by atoms with Crippen LogP contribution in [0.3, 0.4) is 0 Å². The number of phosphoric ester groups is 2. The van der Waals surface area contributed by atoms with Crippen molar-refractivity contribution in [1.82, 2.24) is 0 Å². The molecule has 0 heterocycles. The monoisotopic (exact) mass is 1560 g/mol. The molecule has 107 heavy (non-hydrogen) atoms. The SMILES string of the molecule is CCCCCCCCCCCCC(=O)OC[C@H](COP(=O)(O)OC[C@H](O)COP(=O)(O)OC[C@@H](COC(=O)CCCCCCCCCCCCCCCCCCCCC(C)CC)OC(=O)CCCCCCCCCCCCCCCCCCCCC(C)CC)OC(=O)CCCCCCCCCCCCC(C)C. The molecule has 636 valence electrons. The van der Waals surface area contributed by atoms with E-state index in [1.54, 1.807) is 0 Å². The van der Waals surface area contributed by atoms with Gasteiger partial charge in [0.15, 0.2) is 12.2 Å². The van der Waals surface area contributed by atoms with Gasteiger partial charge in [-0.15, -0.1) is 0 Å². The molecule has 19 heteroatoms. The van der Waals surface area contributed by atoms with E-state index in [9.17, 15) is 43.2 Å². The maximum absolute atomic E-state index is 13.2. The van der Waals surface area contributed by atoms with Crippen LogP contribution in [0.2, 0.25) is 0 Å². The van der Waals surface area contributed by atoms with E-state index < -0.39 is 97.5 Å². The van der Waals surface area contributed by atoms with Crippen molar-refractivity contribution in [2.24, 2.45) is 17.8 Å². The van der Waals surface area contributed by atoms with Crippen LogP contribution in [0, 0.1) is 17.8 Å². The first-order valence-electron chi connectivity index (χ1n) is 45.4. The van der Waals surface area contributed by atoms with Crippen molar-refractivity contribution in [3.05, 3.63) is 0 Å². The second kappa shape index (κ2) is 78.0. The maximum atomic E-state index is 13.2. The lowest BCUT2D eigenvalue weighted by molar-refractivity contribution is -0.161. The normalized spacial score (nSPS) is 14.3. The molecule has 0 spiro atoms. The minimum atomic E-state index is -4.97. The number of phosphoric acid groups is 2. The first-order chi connectivity index (χ1) is 51.8. The predicted octanol–water partition coefficient (Wildman–Crippen LogP) is 26.9. The van der Waals surface area contributed by atoms with E-state index >= 15 is 0 Å². The number of aliphatic hydroxyl groups excluding tert-OH is 1. The standard InChI is InChI=1S/C88H172O17P2/c1-8-11-12-13-14-15-41-48-55-62-69-85(90)98-75-83(105-88(93)72-65-58-51-44-37-36-38-45-52-59-66-79(4)5)77-102-106(94,95)100-73-82(89)74-101-107(96,97)103-78-84(104-87(92)71-64-57-50-43-35-31-27-23-19-17-21-25-29-33-40-47-54-61-68-81(7)10-3)76-99-86(91)70-63-56-49-42-34-30-26-22-18-16-20-24-28-32-39-46-53-60-67-80(6)9-2/h79-84,89H,8-78H2,1-7H3,(H,94,95)(H,96,97)/t80?,81?,82-,83+,84+/m0/s1. The molecule has 0 bridgehead atoms. The lowest BCUT2D eigenvalue weighted by Gasteiger charge is -2.21. The molecule has 0 saturated heterocycles. The molecule has 0 aromatic rings. The van der Waals surface area contributed by atoms with Crippen LogP contribution in [0.15, 0.2) is 0 Å². The van der Waals surface area contributed by atoms with E-state index in [0.717, 1.165) is 108 Å². The van der Waals surface area contributed by atoms with Crippen LogP contribution in [-0.2, 0) is 65.4 Å². The average Bonchev–Trinajstić information content (AvgIpc) is 0.901. The molecule has 0 radical (unpaired) electrons. The van der Waals surface area contributed by atoms with Crippen molar-refractivity contribution in [3.63, 3.8) is 0 Å². The summed E-state index contributed by atoms with van der Waals surface area (Å²) in [6, 6.07) is 0. The second-order valence-corrected chi connectivity index (χ2v) is 35.5. The molecular weight excluding hydrogens is 1390 g/mol. The van der Waals surface area contributed by atoms with Gasteiger partial charge in [-0.1, -0.05) is 414 Å². The fourth-order valence-corrected chi connectivity index (χ4v) is 15.2. The lowest BCUT2D eigenvalue weighted by Crippen LogP contribution is -2.30. The second-order valence-electron chi connectivity index (χ2n) is 32.6. The van der Waals surface area contributed by atoms with Crippen molar-refractivity contribution in [2.45, 2.75) is 484 Å². The Bertz CT molecular complexity index is 2060. The van der Waals surface area contributed by atoms with Crippen molar-refractivity contribution in [2.75, 3.05) is 39.6 Å². The van der Waals surface area contributed by atoms with Crippen LogP contribution in [0.25, 0.3) is 0 Å². The summed E-state index contributed by atoms with van der Waals surface area (Å²) in [5.74, 6) is 0.393. The van der Waals surface area contributed by atoms with E-state index in [1.165, 1.54) is 276 Å². The fourth-order valence-electron chi connectivity index (χ4n) is 13.7. The summed E-state index contributed by atoms with van der Waals surface area (Å²) in [6.45, 7) is 12.1. The first kappa shape index (κ1) is 105. The van der Waals surface area contributed by atoms with Gasteiger partial charge in [-0.25, -0.2) is 9.13 Å². The largest absolute Gasteiger partial charge is 0.472 e. The highest BCUT2D eigenvalue weighted by Crippen LogP contribution is 2.45. The van der Waals surface area contributed by atoms with Crippen molar-refractivity contribution in [1.29, 1.82) is 0 Å². The number of hydrogen-bond acceptors (Lipinski definition) is 15. The molecule has 7 atom stereocenters. The van der Waals surface area contributed by atoms with E-state index in [2.05, 4.69) is 48.5 Å². The van der Waals surface area contributed by atoms with Gasteiger partial charge < -0.3 is 33.8 Å². The number of hydrogen-bond donors (Lipinski definition) is 3. The minimum absolute atomic E-state index is 0.106. The number of carbonyl (C=O) groups is 4. The maximum Gasteiger partial charge on any atom is 0.472 e. The minimum Gasteiger partial charge on any atom is -0.462 e. The zero-order valence-corrected chi connectivity index (χ0v) is 72.4. The quantitative estimate of drug-likeness (QED) is 0.0222. The van der Waals surface area contributed by atoms with Crippen molar-refractivity contribution < 1.29 is 80.2 Å². The number of aliphatic hydroxyl groups is 1. The zero-order chi connectivity index (χ0) is 78.6. The Hall–Kier alpha value is -1.94. The van der Waals surface area contributed by atoms with Crippen molar-refractivity contribution in [3.8, 4) is 0 Å². The van der Waals surface area contributed by atoms with Gasteiger partial charge in [-0.2, -0.15) is 0 Å². The predicted molar refractivity (Wildman–Crippen MR) is 441 cm³/mol. The molecule has 0 saturated carbocycles. The molecule has 0 aliphatic rings. The highest BCUT2D eigenvalue weighted by Gasteiger charge is 2.31. The Labute approximate surface area is 658 Å². The number of ether oxygens (including phenoxy) is 4. The molecule has 0 rings (SSSR count). The van der Waals surface area contributed by atoms with Gasteiger partial charge in [-0.3, -0.25) is 37.3 Å².